The van der Waals surface area contributed by atoms with Gasteiger partial charge in [0, 0.05) is 23.3 Å². The van der Waals surface area contributed by atoms with Gasteiger partial charge in [-0.1, -0.05) is 12.1 Å². The molecule has 0 saturated carbocycles. The van der Waals surface area contributed by atoms with Gasteiger partial charge in [0.05, 0.1) is 11.4 Å². The summed E-state index contributed by atoms with van der Waals surface area (Å²) in [6.07, 6.45) is 0.306. The van der Waals surface area contributed by atoms with Crippen LogP contribution in [-0.2, 0) is 4.74 Å². The molecule has 7 nitrogen and oxygen atoms in total. The molecule has 4 N–H and O–H groups in total. The van der Waals surface area contributed by atoms with E-state index >= 15 is 0 Å². The number of anilines is 3. The molecule has 1 saturated heterocycles. The van der Waals surface area contributed by atoms with E-state index in [1.54, 1.807) is 41.3 Å². The summed E-state index contributed by atoms with van der Waals surface area (Å²) >= 11 is 0. The summed E-state index contributed by atoms with van der Waals surface area (Å²) in [5.41, 5.74) is 7.61. The zero-order valence-electron chi connectivity index (χ0n) is 17.1. The van der Waals surface area contributed by atoms with Crippen LogP contribution in [0, 0.1) is 0 Å². The highest BCUT2D eigenvalue weighted by Gasteiger charge is 2.32. The molecule has 1 aliphatic rings. The fourth-order valence-electron chi connectivity index (χ4n) is 3.26. The molecule has 1 heterocycles. The van der Waals surface area contributed by atoms with E-state index in [1.165, 1.54) is 0 Å². The van der Waals surface area contributed by atoms with Crippen LogP contribution in [0.25, 0.3) is 0 Å². The Morgan fingerprint density at radius 3 is 2.41 bits per heavy atom. The lowest BCUT2D eigenvalue weighted by atomic mass is 10.0. The Morgan fingerprint density at radius 1 is 1.14 bits per heavy atom. The molecule has 2 aromatic carbocycles. The number of para-hydroxylation sites is 2. The second-order valence-corrected chi connectivity index (χ2v) is 8.09. The van der Waals surface area contributed by atoms with Crippen molar-refractivity contribution in [3.05, 3.63) is 54.1 Å². The predicted molar refractivity (Wildman–Crippen MR) is 115 cm³/mol. The number of hydrogen-bond donors (Lipinski definition) is 3. The minimum atomic E-state index is -0.481. The zero-order valence-corrected chi connectivity index (χ0v) is 17.1. The van der Waals surface area contributed by atoms with Crippen molar-refractivity contribution in [1.82, 2.24) is 5.32 Å². The van der Waals surface area contributed by atoms with Crippen molar-refractivity contribution in [3.63, 3.8) is 0 Å². The van der Waals surface area contributed by atoms with Gasteiger partial charge < -0.3 is 21.1 Å². The Hall–Kier alpha value is -3.06. The number of rotatable bonds is 4. The summed E-state index contributed by atoms with van der Waals surface area (Å²) in [6.45, 7) is 7.36. The molecule has 29 heavy (non-hydrogen) atoms. The first-order chi connectivity index (χ1) is 13.8. The molecule has 0 aliphatic carbocycles. The second-order valence-electron chi connectivity index (χ2n) is 8.09. The Bertz CT molecular complexity index is 868. The van der Waals surface area contributed by atoms with Crippen molar-refractivity contribution in [1.29, 1.82) is 0 Å². The van der Waals surface area contributed by atoms with E-state index in [9.17, 15) is 9.59 Å². The van der Waals surface area contributed by atoms with Gasteiger partial charge in [0.2, 0.25) is 0 Å². The molecule has 1 atom stereocenters. The minimum Gasteiger partial charge on any atom is -0.444 e. The third-order valence-electron chi connectivity index (χ3n) is 4.73. The number of carbonyl (C=O) groups excluding carboxylic acids is 2. The van der Waals surface area contributed by atoms with Crippen molar-refractivity contribution in [2.75, 3.05) is 29.0 Å². The summed E-state index contributed by atoms with van der Waals surface area (Å²) in [6, 6.07) is 14.0. The summed E-state index contributed by atoms with van der Waals surface area (Å²) in [7, 11) is 0. The van der Waals surface area contributed by atoms with E-state index < -0.39 is 5.54 Å². The highest BCUT2D eigenvalue weighted by molar-refractivity contribution is 6.06. The molecular formula is C22H28N4O3. The number of nitrogens with two attached hydrogens (primary N) is 1. The number of amides is 2. The lowest BCUT2D eigenvalue weighted by Gasteiger charge is -2.35. The Labute approximate surface area is 171 Å². The van der Waals surface area contributed by atoms with E-state index in [-0.39, 0.29) is 18.1 Å². The molecule has 0 spiro atoms. The van der Waals surface area contributed by atoms with Crippen molar-refractivity contribution in [3.8, 4) is 0 Å². The molecule has 1 aliphatic heterocycles. The van der Waals surface area contributed by atoms with Crippen LogP contribution in [-0.4, -0.2) is 36.7 Å². The molecule has 1 unspecified atom stereocenters. The van der Waals surface area contributed by atoms with Crippen molar-refractivity contribution < 1.29 is 14.3 Å². The standard InChI is InChI=1S/C22H28N4O3/c1-22(2,3)26(21(28)29-17-12-13-24-14-17)16-10-8-15(9-11-16)20(27)25-19-7-5-4-6-18(19)23/h4-11,17,24H,12-14,23H2,1-3H3,(H,25,27). The highest BCUT2D eigenvalue weighted by Crippen LogP contribution is 2.26. The van der Waals surface area contributed by atoms with Crippen LogP contribution >= 0.6 is 0 Å². The van der Waals surface area contributed by atoms with Gasteiger partial charge in [-0.05, 0) is 70.1 Å². The van der Waals surface area contributed by atoms with Crippen LogP contribution in [0.4, 0.5) is 21.9 Å². The van der Waals surface area contributed by atoms with Crippen LogP contribution in [0.15, 0.2) is 48.5 Å². The maximum Gasteiger partial charge on any atom is 0.415 e. The molecule has 0 bridgehead atoms. The quantitative estimate of drug-likeness (QED) is 0.686. The van der Waals surface area contributed by atoms with Gasteiger partial charge in [0.25, 0.3) is 5.91 Å². The molecule has 154 valence electrons. The predicted octanol–water partition coefficient (Wildman–Crippen LogP) is 3.62. The SMILES string of the molecule is CC(C)(C)N(C(=O)OC1CCNC1)c1ccc(C(=O)Nc2ccccc2N)cc1. The maximum atomic E-state index is 12.8. The van der Waals surface area contributed by atoms with Crippen molar-refractivity contribution in [2.24, 2.45) is 0 Å². The first kappa shape index (κ1) is 20.7. The number of nitrogen functional groups attached to an aromatic ring is 1. The van der Waals surface area contributed by atoms with Gasteiger partial charge in [0.1, 0.15) is 6.10 Å². The molecule has 2 aromatic rings. The van der Waals surface area contributed by atoms with Crippen molar-refractivity contribution >= 4 is 29.1 Å². The zero-order chi connectivity index (χ0) is 21.0. The van der Waals surface area contributed by atoms with Gasteiger partial charge in [0.15, 0.2) is 0 Å². The number of carbonyl (C=O) groups is 2. The lowest BCUT2D eigenvalue weighted by Crippen LogP contribution is -2.47. The third kappa shape index (κ3) is 5.06. The number of nitrogens with one attached hydrogen (secondary N) is 2. The van der Waals surface area contributed by atoms with Crippen LogP contribution in [0.2, 0.25) is 0 Å². The molecule has 2 amide bonds. The highest BCUT2D eigenvalue weighted by atomic mass is 16.6. The summed E-state index contributed by atoms with van der Waals surface area (Å²) < 4.78 is 5.66. The first-order valence-electron chi connectivity index (χ1n) is 9.73. The van der Waals surface area contributed by atoms with Gasteiger partial charge in [-0.15, -0.1) is 0 Å². The Morgan fingerprint density at radius 2 is 1.83 bits per heavy atom. The fourth-order valence-corrected chi connectivity index (χ4v) is 3.26. The molecule has 1 fully saturated rings. The second kappa shape index (κ2) is 8.53. The smallest absolute Gasteiger partial charge is 0.415 e. The van der Waals surface area contributed by atoms with Gasteiger partial charge >= 0.3 is 6.09 Å². The van der Waals surface area contributed by atoms with E-state index in [0.717, 1.165) is 13.0 Å². The van der Waals surface area contributed by atoms with Gasteiger partial charge in [-0.25, -0.2) is 4.79 Å². The van der Waals surface area contributed by atoms with Gasteiger partial charge in [-0.3, -0.25) is 9.69 Å². The van der Waals surface area contributed by atoms with E-state index in [4.69, 9.17) is 10.5 Å². The van der Waals surface area contributed by atoms with E-state index in [2.05, 4.69) is 10.6 Å². The van der Waals surface area contributed by atoms with E-state index in [0.29, 0.717) is 29.2 Å². The first-order valence-corrected chi connectivity index (χ1v) is 9.73. The largest absolute Gasteiger partial charge is 0.444 e. The monoisotopic (exact) mass is 396 g/mol. The van der Waals surface area contributed by atoms with Crippen LogP contribution in [0.1, 0.15) is 37.6 Å². The number of ether oxygens (including phenoxy) is 1. The van der Waals surface area contributed by atoms with Crippen LogP contribution in [0.3, 0.4) is 0 Å². The average molecular weight is 396 g/mol. The third-order valence-corrected chi connectivity index (χ3v) is 4.73. The fraction of sp³-hybridized carbons (Fsp3) is 0.364. The summed E-state index contributed by atoms with van der Waals surface area (Å²) in [4.78, 5) is 27.0. The number of benzene rings is 2. The van der Waals surface area contributed by atoms with Crippen molar-refractivity contribution in [2.45, 2.75) is 38.8 Å². The topological polar surface area (TPSA) is 96.7 Å². The van der Waals surface area contributed by atoms with Crippen LogP contribution in [0.5, 0.6) is 0 Å². The van der Waals surface area contributed by atoms with Gasteiger partial charge in [-0.2, -0.15) is 0 Å². The Kier molecular flexibility index (Phi) is 6.08. The van der Waals surface area contributed by atoms with Crippen LogP contribution < -0.4 is 21.3 Å². The molecule has 0 radical (unpaired) electrons. The molecule has 7 heteroatoms. The number of hydrogen-bond acceptors (Lipinski definition) is 5. The van der Waals surface area contributed by atoms with E-state index in [1.807, 2.05) is 32.9 Å². The minimum absolute atomic E-state index is 0.117. The number of nitrogens with zero attached hydrogens (tertiary/aromatic N) is 1. The summed E-state index contributed by atoms with van der Waals surface area (Å²) in [5, 5.41) is 5.99. The maximum absolute atomic E-state index is 12.8. The normalized spacial score (nSPS) is 16.3. The Balaban J connectivity index is 1.75. The molecule has 3 rings (SSSR count). The summed E-state index contributed by atoms with van der Waals surface area (Å²) in [5.74, 6) is -0.267. The average Bonchev–Trinajstić information content (AvgIpc) is 3.16. The molecular weight excluding hydrogens is 368 g/mol. The molecule has 0 aromatic heterocycles. The lowest BCUT2D eigenvalue weighted by molar-refractivity contribution is 0.102.